The van der Waals surface area contributed by atoms with Crippen LogP contribution < -0.4 is 20.3 Å². The normalized spacial score (nSPS) is 12.6. The Balaban J connectivity index is 1.46. The predicted molar refractivity (Wildman–Crippen MR) is 119 cm³/mol. The predicted octanol–water partition coefficient (Wildman–Crippen LogP) is 4.93. The lowest BCUT2D eigenvalue weighted by Crippen LogP contribution is -2.35. The third kappa shape index (κ3) is 4.27. The summed E-state index contributed by atoms with van der Waals surface area (Å²) in [7, 11) is 1.60. The van der Waals surface area contributed by atoms with Crippen molar-refractivity contribution >= 4 is 29.0 Å². The summed E-state index contributed by atoms with van der Waals surface area (Å²) in [6, 6.07) is 21.7. The Kier molecular flexibility index (Phi) is 5.66. The number of hydrogen-bond acceptors (Lipinski definition) is 3. The van der Waals surface area contributed by atoms with E-state index in [-0.39, 0.29) is 11.9 Å². The van der Waals surface area contributed by atoms with E-state index in [9.17, 15) is 9.59 Å². The van der Waals surface area contributed by atoms with Crippen molar-refractivity contribution in [1.29, 1.82) is 0 Å². The highest BCUT2D eigenvalue weighted by Gasteiger charge is 2.23. The molecule has 0 saturated carbocycles. The summed E-state index contributed by atoms with van der Waals surface area (Å²) in [6.45, 7) is 0.686. The maximum absolute atomic E-state index is 12.9. The number of urea groups is 1. The van der Waals surface area contributed by atoms with E-state index in [2.05, 4.69) is 10.6 Å². The zero-order valence-corrected chi connectivity index (χ0v) is 16.7. The van der Waals surface area contributed by atoms with E-state index >= 15 is 0 Å². The lowest BCUT2D eigenvalue weighted by molar-refractivity contribution is 0.0985. The van der Waals surface area contributed by atoms with Crippen LogP contribution in [0.25, 0.3) is 0 Å². The van der Waals surface area contributed by atoms with Crippen molar-refractivity contribution in [2.24, 2.45) is 0 Å². The molecule has 0 spiro atoms. The molecule has 0 unspecified atom stereocenters. The average molecular weight is 401 g/mol. The van der Waals surface area contributed by atoms with Gasteiger partial charge in [0.1, 0.15) is 5.75 Å². The molecule has 0 bridgehead atoms. The standard InChI is InChI=1S/C24H23N3O3/c1-30-21-12-9-19(10-13-21)25-24(29)26-20-11-14-22-18(16-20)8-5-15-27(22)23(28)17-6-3-2-4-7-17/h2-4,6-7,9-14,16H,5,8,15H2,1H3,(H2,25,26,29). The highest BCUT2D eigenvalue weighted by atomic mass is 16.5. The van der Waals surface area contributed by atoms with Crippen LogP contribution in [0.3, 0.4) is 0 Å². The monoisotopic (exact) mass is 401 g/mol. The smallest absolute Gasteiger partial charge is 0.323 e. The summed E-state index contributed by atoms with van der Waals surface area (Å²) in [5.41, 5.74) is 3.98. The number of hydrogen-bond donors (Lipinski definition) is 2. The molecular formula is C24H23N3O3. The lowest BCUT2D eigenvalue weighted by atomic mass is 10.00. The molecule has 1 aliphatic rings. The molecule has 0 fully saturated rings. The van der Waals surface area contributed by atoms with E-state index in [0.29, 0.717) is 23.5 Å². The summed E-state index contributed by atoms with van der Waals surface area (Å²) in [4.78, 5) is 27.1. The van der Waals surface area contributed by atoms with Gasteiger partial charge in [-0.25, -0.2) is 4.79 Å². The molecule has 152 valence electrons. The Morgan fingerprint density at radius 3 is 2.33 bits per heavy atom. The number of carbonyl (C=O) groups excluding carboxylic acids is 2. The molecule has 30 heavy (non-hydrogen) atoms. The summed E-state index contributed by atoms with van der Waals surface area (Å²) < 4.78 is 5.12. The number of nitrogens with one attached hydrogen (secondary N) is 2. The van der Waals surface area contributed by atoms with Crippen LogP contribution in [0.2, 0.25) is 0 Å². The molecule has 0 atom stereocenters. The van der Waals surface area contributed by atoms with Crippen LogP contribution in [-0.2, 0) is 6.42 Å². The molecule has 0 radical (unpaired) electrons. The van der Waals surface area contributed by atoms with Gasteiger partial charge >= 0.3 is 6.03 Å². The summed E-state index contributed by atoms with van der Waals surface area (Å²) >= 11 is 0. The first-order valence-electron chi connectivity index (χ1n) is 9.86. The van der Waals surface area contributed by atoms with Gasteiger partial charge < -0.3 is 20.3 Å². The van der Waals surface area contributed by atoms with Gasteiger partial charge in [-0.1, -0.05) is 18.2 Å². The van der Waals surface area contributed by atoms with Gasteiger partial charge in [0.25, 0.3) is 5.91 Å². The number of fused-ring (bicyclic) bond motifs is 1. The molecule has 0 aliphatic carbocycles. The SMILES string of the molecule is COc1ccc(NC(=O)Nc2ccc3c(c2)CCCN3C(=O)c2ccccc2)cc1. The molecule has 2 N–H and O–H groups in total. The summed E-state index contributed by atoms with van der Waals surface area (Å²) in [5.74, 6) is 0.722. The topological polar surface area (TPSA) is 70.7 Å². The van der Waals surface area contributed by atoms with Gasteiger partial charge in [0.2, 0.25) is 0 Å². The summed E-state index contributed by atoms with van der Waals surface area (Å²) in [6.07, 6.45) is 1.75. The number of aryl methyl sites for hydroxylation is 1. The van der Waals surface area contributed by atoms with Crippen LogP contribution in [0.15, 0.2) is 72.8 Å². The highest BCUT2D eigenvalue weighted by Crippen LogP contribution is 2.31. The van der Waals surface area contributed by atoms with E-state index in [1.165, 1.54) is 0 Å². The number of nitrogens with zero attached hydrogens (tertiary/aromatic N) is 1. The largest absolute Gasteiger partial charge is 0.497 e. The fourth-order valence-electron chi connectivity index (χ4n) is 3.59. The molecule has 0 saturated heterocycles. The molecule has 1 heterocycles. The van der Waals surface area contributed by atoms with Crippen LogP contribution in [0.5, 0.6) is 5.75 Å². The first-order valence-corrected chi connectivity index (χ1v) is 9.86. The van der Waals surface area contributed by atoms with Crippen molar-refractivity contribution in [2.75, 3.05) is 29.2 Å². The minimum atomic E-state index is -0.326. The second kappa shape index (κ2) is 8.69. The van der Waals surface area contributed by atoms with Crippen LogP contribution in [0.1, 0.15) is 22.3 Å². The summed E-state index contributed by atoms with van der Waals surface area (Å²) in [5, 5.41) is 5.66. The Hall–Kier alpha value is -3.80. The number of anilines is 3. The van der Waals surface area contributed by atoms with Crippen molar-refractivity contribution in [3.05, 3.63) is 83.9 Å². The van der Waals surface area contributed by atoms with Crippen molar-refractivity contribution in [1.82, 2.24) is 0 Å². The minimum Gasteiger partial charge on any atom is -0.497 e. The van der Waals surface area contributed by atoms with Crippen LogP contribution in [-0.4, -0.2) is 25.6 Å². The molecule has 3 aromatic rings. The van der Waals surface area contributed by atoms with Crippen molar-refractivity contribution in [3.8, 4) is 5.75 Å². The zero-order valence-electron chi connectivity index (χ0n) is 16.7. The van der Waals surface area contributed by atoms with Gasteiger partial charge in [-0.2, -0.15) is 0 Å². The average Bonchev–Trinajstić information content (AvgIpc) is 2.79. The Morgan fingerprint density at radius 1 is 0.900 bits per heavy atom. The zero-order chi connectivity index (χ0) is 20.9. The van der Waals surface area contributed by atoms with E-state index in [0.717, 1.165) is 29.8 Å². The van der Waals surface area contributed by atoms with Gasteiger partial charge in [0, 0.05) is 29.2 Å². The molecule has 4 rings (SSSR count). The number of benzene rings is 3. The van der Waals surface area contributed by atoms with Gasteiger partial charge in [0.15, 0.2) is 0 Å². The van der Waals surface area contributed by atoms with E-state index in [4.69, 9.17) is 4.74 Å². The fourth-order valence-corrected chi connectivity index (χ4v) is 3.59. The fraction of sp³-hybridized carbons (Fsp3) is 0.167. The van der Waals surface area contributed by atoms with Crippen LogP contribution >= 0.6 is 0 Å². The van der Waals surface area contributed by atoms with Crippen molar-refractivity contribution in [3.63, 3.8) is 0 Å². The van der Waals surface area contributed by atoms with Crippen LogP contribution in [0.4, 0.5) is 21.9 Å². The molecule has 6 nitrogen and oxygen atoms in total. The number of ether oxygens (including phenoxy) is 1. The van der Waals surface area contributed by atoms with E-state index < -0.39 is 0 Å². The van der Waals surface area contributed by atoms with Gasteiger partial charge in [-0.05, 0) is 73.0 Å². The third-order valence-corrected chi connectivity index (χ3v) is 5.07. The highest BCUT2D eigenvalue weighted by molar-refractivity contribution is 6.07. The number of amides is 3. The molecule has 3 aromatic carbocycles. The Bertz CT molecular complexity index is 1050. The second-order valence-corrected chi connectivity index (χ2v) is 7.08. The first kappa shape index (κ1) is 19.5. The molecule has 1 aliphatic heterocycles. The molecule has 6 heteroatoms. The number of methoxy groups -OCH3 is 1. The van der Waals surface area contributed by atoms with Gasteiger partial charge in [-0.15, -0.1) is 0 Å². The maximum Gasteiger partial charge on any atom is 0.323 e. The van der Waals surface area contributed by atoms with Gasteiger partial charge in [0.05, 0.1) is 7.11 Å². The van der Waals surface area contributed by atoms with Crippen molar-refractivity contribution in [2.45, 2.75) is 12.8 Å². The molecule has 0 aromatic heterocycles. The van der Waals surface area contributed by atoms with E-state index in [1.54, 1.807) is 31.4 Å². The molecule has 3 amide bonds. The minimum absolute atomic E-state index is 0.00509. The molecular weight excluding hydrogens is 378 g/mol. The Morgan fingerprint density at radius 2 is 1.60 bits per heavy atom. The quantitative estimate of drug-likeness (QED) is 0.651. The lowest BCUT2D eigenvalue weighted by Gasteiger charge is -2.30. The van der Waals surface area contributed by atoms with Gasteiger partial charge in [-0.3, -0.25) is 4.79 Å². The second-order valence-electron chi connectivity index (χ2n) is 7.08. The maximum atomic E-state index is 12.9. The van der Waals surface area contributed by atoms with Crippen molar-refractivity contribution < 1.29 is 14.3 Å². The Labute approximate surface area is 175 Å². The number of rotatable bonds is 4. The van der Waals surface area contributed by atoms with Crippen LogP contribution in [0, 0.1) is 0 Å². The third-order valence-electron chi connectivity index (χ3n) is 5.07. The number of carbonyl (C=O) groups is 2. The van der Waals surface area contributed by atoms with E-state index in [1.807, 2.05) is 53.4 Å². The first-order chi connectivity index (χ1) is 14.6.